The van der Waals surface area contributed by atoms with Gasteiger partial charge in [-0.1, -0.05) is 23.2 Å². The first-order valence-electron chi connectivity index (χ1n) is 6.90. The zero-order valence-electron chi connectivity index (χ0n) is 11.3. The second-order valence-electron chi connectivity index (χ2n) is 5.55. The Morgan fingerprint density at radius 3 is 2.45 bits per heavy atom. The van der Waals surface area contributed by atoms with Gasteiger partial charge >= 0.3 is 0 Å². The molecule has 1 aromatic rings. The van der Waals surface area contributed by atoms with Gasteiger partial charge in [0.1, 0.15) is 0 Å². The second kappa shape index (κ2) is 5.78. The van der Waals surface area contributed by atoms with Gasteiger partial charge in [-0.05, 0) is 50.1 Å². The first kappa shape index (κ1) is 14.6. The van der Waals surface area contributed by atoms with Crippen LogP contribution in [0.1, 0.15) is 36.0 Å². The highest BCUT2D eigenvalue weighted by atomic mass is 35.5. The van der Waals surface area contributed by atoms with Crippen LogP contribution in [0.15, 0.2) is 18.2 Å². The van der Waals surface area contributed by atoms with Crippen LogP contribution >= 0.6 is 35.0 Å². The average Bonchev–Trinajstić information content (AvgIpc) is 2.68. The molecule has 2 saturated heterocycles. The van der Waals surface area contributed by atoms with E-state index in [0.717, 1.165) is 25.7 Å². The lowest BCUT2D eigenvalue weighted by atomic mass is 10.0. The van der Waals surface area contributed by atoms with Gasteiger partial charge in [-0.15, -0.1) is 0 Å². The summed E-state index contributed by atoms with van der Waals surface area (Å²) in [5.74, 6) is 0.0683. The first-order chi connectivity index (χ1) is 9.60. The number of carbonyl (C=O) groups is 1. The van der Waals surface area contributed by atoms with Crippen molar-refractivity contribution in [3.05, 3.63) is 33.8 Å². The lowest BCUT2D eigenvalue weighted by molar-refractivity contribution is 0.0602. The number of piperidine rings is 1. The third kappa shape index (κ3) is 2.56. The van der Waals surface area contributed by atoms with Crippen LogP contribution < -0.4 is 0 Å². The van der Waals surface area contributed by atoms with Crippen LogP contribution in [0.25, 0.3) is 0 Å². The maximum absolute atomic E-state index is 12.8. The molecule has 0 spiro atoms. The van der Waals surface area contributed by atoms with Gasteiger partial charge in [0, 0.05) is 22.4 Å². The lowest BCUT2D eigenvalue weighted by Crippen LogP contribution is -2.47. The summed E-state index contributed by atoms with van der Waals surface area (Å²) in [5.41, 5.74) is 0.579. The molecule has 108 valence electrons. The van der Waals surface area contributed by atoms with Crippen LogP contribution in [-0.4, -0.2) is 34.4 Å². The molecule has 2 bridgehead atoms. The quantitative estimate of drug-likeness (QED) is 0.796. The van der Waals surface area contributed by atoms with Crippen LogP contribution in [0.5, 0.6) is 0 Å². The Kier molecular flexibility index (Phi) is 4.21. The van der Waals surface area contributed by atoms with E-state index in [9.17, 15) is 4.79 Å². The molecule has 20 heavy (non-hydrogen) atoms. The van der Waals surface area contributed by atoms with Gasteiger partial charge in [0.15, 0.2) is 0 Å². The van der Waals surface area contributed by atoms with E-state index in [0.29, 0.717) is 32.9 Å². The van der Waals surface area contributed by atoms with Crippen molar-refractivity contribution in [2.24, 2.45) is 0 Å². The third-order valence-corrected chi connectivity index (χ3v) is 6.02. The van der Waals surface area contributed by atoms with Crippen LogP contribution in [0.2, 0.25) is 10.0 Å². The number of fused-ring (bicyclic) bond motifs is 2. The maximum Gasteiger partial charge on any atom is 0.255 e. The van der Waals surface area contributed by atoms with E-state index in [1.54, 1.807) is 18.2 Å². The highest BCUT2D eigenvalue weighted by molar-refractivity contribution is 7.99. The molecule has 2 aliphatic heterocycles. The number of halogens is 2. The van der Waals surface area contributed by atoms with Gasteiger partial charge in [0.25, 0.3) is 5.91 Å². The van der Waals surface area contributed by atoms with E-state index >= 15 is 0 Å². The monoisotopic (exact) mass is 329 g/mol. The fourth-order valence-electron chi connectivity index (χ4n) is 3.45. The summed E-state index contributed by atoms with van der Waals surface area (Å²) in [6.07, 6.45) is 6.62. The molecule has 5 heteroatoms. The normalized spacial score (nSPS) is 28.8. The smallest absolute Gasteiger partial charge is 0.255 e. The third-order valence-electron chi connectivity index (χ3n) is 4.42. The Balaban J connectivity index is 1.85. The molecule has 2 atom stereocenters. The summed E-state index contributed by atoms with van der Waals surface area (Å²) in [5, 5.41) is 1.71. The highest BCUT2D eigenvalue weighted by Crippen LogP contribution is 2.40. The summed E-state index contributed by atoms with van der Waals surface area (Å²) in [6, 6.07) is 5.88. The van der Waals surface area contributed by atoms with E-state index in [1.807, 2.05) is 11.8 Å². The van der Waals surface area contributed by atoms with Crippen molar-refractivity contribution in [3.8, 4) is 0 Å². The standard InChI is InChI=1S/C15H17Cl2NOS/c1-20-12-7-10-3-4-11(8-12)18(10)15(19)13-5-2-9(16)6-14(13)17/h2,5-6,10-12H,3-4,7-8H2,1H3. The van der Waals surface area contributed by atoms with Crippen LogP contribution in [-0.2, 0) is 0 Å². The molecule has 2 unspecified atom stereocenters. The maximum atomic E-state index is 12.8. The van der Waals surface area contributed by atoms with Crippen molar-refractivity contribution in [1.29, 1.82) is 0 Å². The van der Waals surface area contributed by atoms with Crippen molar-refractivity contribution in [1.82, 2.24) is 4.90 Å². The summed E-state index contributed by atoms with van der Waals surface area (Å²) in [4.78, 5) is 14.9. The van der Waals surface area contributed by atoms with E-state index in [-0.39, 0.29) is 5.91 Å². The predicted octanol–water partition coefficient (Wildman–Crippen LogP) is 4.49. The zero-order chi connectivity index (χ0) is 14.3. The Hall–Kier alpha value is -0.380. The van der Waals surface area contributed by atoms with Gasteiger partial charge in [-0.25, -0.2) is 0 Å². The molecule has 2 aliphatic rings. The number of thioether (sulfide) groups is 1. The molecule has 0 radical (unpaired) electrons. The van der Waals surface area contributed by atoms with Crippen LogP contribution in [0.4, 0.5) is 0 Å². The summed E-state index contributed by atoms with van der Waals surface area (Å²) < 4.78 is 0. The SMILES string of the molecule is CSC1CC2CCC(C1)N2C(=O)c1ccc(Cl)cc1Cl. The number of amides is 1. The fourth-order valence-corrected chi connectivity index (χ4v) is 4.77. The van der Waals surface area contributed by atoms with Crippen molar-refractivity contribution < 1.29 is 4.79 Å². The van der Waals surface area contributed by atoms with Gasteiger partial charge in [0.2, 0.25) is 0 Å². The molecule has 2 heterocycles. The molecule has 3 rings (SSSR count). The van der Waals surface area contributed by atoms with E-state index < -0.39 is 0 Å². The minimum atomic E-state index is 0.0683. The largest absolute Gasteiger partial charge is 0.333 e. The van der Waals surface area contributed by atoms with Crippen molar-refractivity contribution in [2.45, 2.75) is 43.0 Å². The van der Waals surface area contributed by atoms with E-state index in [4.69, 9.17) is 23.2 Å². The minimum Gasteiger partial charge on any atom is -0.333 e. The molecule has 1 amide bonds. The number of rotatable bonds is 2. The molecule has 2 nitrogen and oxygen atoms in total. The molecule has 0 saturated carbocycles. The molecular formula is C15H17Cl2NOS. The molecule has 1 aromatic carbocycles. The zero-order valence-corrected chi connectivity index (χ0v) is 13.6. The molecule has 0 N–H and O–H groups in total. The molecule has 0 aromatic heterocycles. The number of benzene rings is 1. The lowest BCUT2D eigenvalue weighted by Gasteiger charge is -2.38. The average molecular weight is 330 g/mol. The molecular weight excluding hydrogens is 313 g/mol. The molecule has 2 fully saturated rings. The summed E-state index contributed by atoms with van der Waals surface area (Å²) >= 11 is 14.0. The van der Waals surface area contributed by atoms with E-state index in [1.165, 1.54) is 0 Å². The second-order valence-corrected chi connectivity index (χ2v) is 7.53. The van der Waals surface area contributed by atoms with E-state index in [2.05, 4.69) is 11.2 Å². The number of carbonyl (C=O) groups excluding carboxylic acids is 1. The van der Waals surface area contributed by atoms with Gasteiger partial charge in [-0.3, -0.25) is 4.79 Å². The number of hydrogen-bond donors (Lipinski definition) is 0. The Bertz CT molecular complexity index is 523. The first-order valence-corrected chi connectivity index (χ1v) is 8.95. The summed E-state index contributed by atoms with van der Waals surface area (Å²) in [7, 11) is 0. The Morgan fingerprint density at radius 2 is 1.90 bits per heavy atom. The highest BCUT2D eigenvalue weighted by Gasteiger charge is 2.43. The Morgan fingerprint density at radius 1 is 1.25 bits per heavy atom. The van der Waals surface area contributed by atoms with Crippen molar-refractivity contribution in [2.75, 3.05) is 6.26 Å². The Labute approximate surface area is 133 Å². The fraction of sp³-hybridized carbons (Fsp3) is 0.533. The van der Waals surface area contributed by atoms with Gasteiger partial charge < -0.3 is 4.90 Å². The number of nitrogens with zero attached hydrogens (tertiary/aromatic N) is 1. The minimum absolute atomic E-state index is 0.0683. The predicted molar refractivity (Wildman–Crippen MR) is 86.0 cm³/mol. The number of hydrogen-bond acceptors (Lipinski definition) is 2. The van der Waals surface area contributed by atoms with Crippen molar-refractivity contribution in [3.63, 3.8) is 0 Å². The molecule has 0 aliphatic carbocycles. The van der Waals surface area contributed by atoms with Gasteiger partial charge in [-0.2, -0.15) is 11.8 Å². The summed E-state index contributed by atoms with van der Waals surface area (Å²) in [6.45, 7) is 0. The topological polar surface area (TPSA) is 20.3 Å². The van der Waals surface area contributed by atoms with Gasteiger partial charge in [0.05, 0.1) is 10.6 Å². The van der Waals surface area contributed by atoms with Crippen LogP contribution in [0, 0.1) is 0 Å². The van der Waals surface area contributed by atoms with Crippen molar-refractivity contribution >= 4 is 40.9 Å². The van der Waals surface area contributed by atoms with Crippen LogP contribution in [0.3, 0.4) is 0 Å².